The van der Waals surface area contributed by atoms with Crippen LogP contribution in [0.4, 0.5) is 5.69 Å². The fourth-order valence-electron chi connectivity index (χ4n) is 5.94. The number of hydrogen-bond acceptors (Lipinski definition) is 1. The number of fused-ring (bicyclic) bond motifs is 5. The Morgan fingerprint density at radius 2 is 1.23 bits per heavy atom. The zero-order chi connectivity index (χ0) is 26.6. The molecule has 0 aliphatic carbocycles. The molecule has 0 fully saturated rings. The van der Waals surface area contributed by atoms with Crippen LogP contribution >= 0.6 is 11.8 Å². The topological polar surface area (TPSA) is 9.29 Å². The molecule has 0 N–H and O–H groups in total. The van der Waals surface area contributed by atoms with Crippen LogP contribution in [0.2, 0.25) is 0 Å². The van der Waals surface area contributed by atoms with Gasteiger partial charge in [0.05, 0.1) is 23.3 Å². The molecule has 0 atom stereocenters. The van der Waals surface area contributed by atoms with Gasteiger partial charge in [-0.05, 0) is 69.8 Å². The van der Waals surface area contributed by atoms with Crippen molar-refractivity contribution in [2.24, 2.45) is 0 Å². The van der Waals surface area contributed by atoms with Crippen molar-refractivity contribution in [3.05, 3.63) is 145 Å². The van der Waals surface area contributed by atoms with Gasteiger partial charge < -0.3 is 4.57 Å². The second kappa shape index (κ2) is 9.02. The Kier molecular flexibility index (Phi) is 5.16. The molecule has 8 rings (SSSR count). The second-order valence-corrected chi connectivity index (χ2v) is 11.2. The van der Waals surface area contributed by atoms with Gasteiger partial charge in [-0.2, -0.15) is 0 Å². The maximum atomic E-state index is 7.81. The normalized spacial score (nSPS) is 11.9. The SMILES string of the molecule is [C-]#[N+]c1ccc(-c2ccccc2)cc1-c1cccc(-c2ccc3c(c2)c2cccc4c2n3-c2ccccc2S4)c1. The maximum Gasteiger partial charge on any atom is 0.194 e. The summed E-state index contributed by atoms with van der Waals surface area (Å²) in [6.45, 7) is 7.81. The molecular formula is C37H22N2S. The van der Waals surface area contributed by atoms with Gasteiger partial charge in [0.2, 0.25) is 0 Å². The molecule has 0 radical (unpaired) electrons. The third-order valence-electron chi connectivity index (χ3n) is 7.81. The lowest BCUT2D eigenvalue weighted by Crippen LogP contribution is -2.00. The van der Waals surface area contributed by atoms with Gasteiger partial charge in [0.15, 0.2) is 5.69 Å². The number of rotatable bonds is 3. The summed E-state index contributed by atoms with van der Waals surface area (Å²) >= 11 is 1.85. The van der Waals surface area contributed by atoms with Crippen LogP contribution in [0.15, 0.2) is 143 Å². The summed E-state index contributed by atoms with van der Waals surface area (Å²) in [5, 5.41) is 2.53. The third kappa shape index (κ3) is 3.51. The van der Waals surface area contributed by atoms with E-state index in [0.29, 0.717) is 5.69 Å². The first-order chi connectivity index (χ1) is 19.8. The number of aromatic nitrogens is 1. The van der Waals surface area contributed by atoms with Crippen molar-refractivity contribution in [2.75, 3.05) is 0 Å². The number of nitrogens with zero attached hydrogens (tertiary/aromatic N) is 2. The molecule has 40 heavy (non-hydrogen) atoms. The average Bonchev–Trinajstić information content (AvgIpc) is 3.36. The fourth-order valence-corrected chi connectivity index (χ4v) is 7.03. The summed E-state index contributed by atoms with van der Waals surface area (Å²) < 4.78 is 2.42. The van der Waals surface area contributed by atoms with E-state index in [1.54, 1.807) is 0 Å². The molecular weight excluding hydrogens is 504 g/mol. The van der Waals surface area contributed by atoms with Gasteiger partial charge in [-0.15, -0.1) is 0 Å². The van der Waals surface area contributed by atoms with E-state index in [4.69, 9.17) is 6.57 Å². The third-order valence-corrected chi connectivity index (χ3v) is 8.92. The average molecular weight is 527 g/mol. The van der Waals surface area contributed by atoms with Gasteiger partial charge in [-0.1, -0.05) is 109 Å². The van der Waals surface area contributed by atoms with Crippen molar-refractivity contribution >= 4 is 39.3 Å². The molecule has 0 amide bonds. The summed E-state index contributed by atoms with van der Waals surface area (Å²) in [7, 11) is 0. The molecule has 0 spiro atoms. The van der Waals surface area contributed by atoms with E-state index in [0.717, 1.165) is 27.8 Å². The summed E-state index contributed by atoms with van der Waals surface area (Å²) in [6.07, 6.45) is 0. The highest BCUT2D eigenvalue weighted by atomic mass is 32.2. The maximum absolute atomic E-state index is 7.81. The molecule has 0 unspecified atom stereocenters. The summed E-state index contributed by atoms with van der Waals surface area (Å²) in [5.74, 6) is 0. The van der Waals surface area contributed by atoms with Crippen LogP contribution in [-0.4, -0.2) is 4.57 Å². The first-order valence-corrected chi connectivity index (χ1v) is 14.1. The molecule has 2 heterocycles. The zero-order valence-corrected chi connectivity index (χ0v) is 22.3. The Labute approximate surface area is 237 Å². The van der Waals surface area contributed by atoms with Crippen molar-refractivity contribution in [1.82, 2.24) is 4.57 Å². The van der Waals surface area contributed by atoms with Crippen LogP contribution in [0, 0.1) is 6.57 Å². The van der Waals surface area contributed by atoms with Gasteiger partial charge >= 0.3 is 0 Å². The van der Waals surface area contributed by atoms with Crippen molar-refractivity contribution in [3.63, 3.8) is 0 Å². The highest BCUT2D eigenvalue weighted by Gasteiger charge is 2.22. The van der Waals surface area contributed by atoms with E-state index in [1.165, 1.54) is 42.8 Å². The van der Waals surface area contributed by atoms with Crippen LogP contribution in [-0.2, 0) is 0 Å². The minimum Gasteiger partial charge on any atom is -0.307 e. The Balaban J connectivity index is 1.29. The first kappa shape index (κ1) is 22.9. The summed E-state index contributed by atoms with van der Waals surface area (Å²) in [5.41, 5.74) is 11.0. The van der Waals surface area contributed by atoms with E-state index in [1.807, 2.05) is 42.1 Å². The number of benzene rings is 6. The van der Waals surface area contributed by atoms with Gasteiger partial charge in [-0.3, -0.25) is 0 Å². The molecule has 186 valence electrons. The van der Waals surface area contributed by atoms with E-state index in [-0.39, 0.29) is 0 Å². The van der Waals surface area contributed by atoms with Crippen LogP contribution in [0.5, 0.6) is 0 Å². The van der Waals surface area contributed by atoms with Gasteiger partial charge in [0.25, 0.3) is 0 Å². The van der Waals surface area contributed by atoms with Crippen molar-refractivity contribution in [3.8, 4) is 39.1 Å². The predicted molar refractivity (Wildman–Crippen MR) is 167 cm³/mol. The Hall–Kier alpha value is -5.04. The highest BCUT2D eigenvalue weighted by Crippen LogP contribution is 2.47. The quantitative estimate of drug-likeness (QED) is 0.208. The van der Waals surface area contributed by atoms with Crippen LogP contribution in [0.25, 0.3) is 65.7 Å². The Bertz CT molecular complexity index is 2150. The standard InChI is InChI=1S/C37H22N2S/c1-38-32-19-17-26(24-9-3-2-4-10-24)22-30(32)28-12-7-11-25(21-28)27-18-20-33-31(23-27)29-13-8-16-36-37(29)39(33)34-14-5-6-15-35(34)40-36/h2-23H. The molecule has 1 aliphatic rings. The van der Waals surface area contributed by atoms with Crippen molar-refractivity contribution < 1.29 is 0 Å². The minimum atomic E-state index is 0.664. The van der Waals surface area contributed by atoms with E-state index >= 15 is 0 Å². The Morgan fingerprint density at radius 1 is 0.525 bits per heavy atom. The van der Waals surface area contributed by atoms with E-state index in [9.17, 15) is 0 Å². The van der Waals surface area contributed by atoms with Gasteiger partial charge in [-0.25, -0.2) is 4.85 Å². The molecule has 3 heteroatoms. The van der Waals surface area contributed by atoms with E-state index in [2.05, 4.69) is 113 Å². The first-order valence-electron chi connectivity index (χ1n) is 13.3. The van der Waals surface area contributed by atoms with Gasteiger partial charge in [0, 0.05) is 20.6 Å². The molecule has 6 aromatic carbocycles. The summed E-state index contributed by atoms with van der Waals surface area (Å²) in [4.78, 5) is 6.42. The molecule has 0 saturated heterocycles. The molecule has 2 nitrogen and oxygen atoms in total. The smallest absolute Gasteiger partial charge is 0.194 e. The van der Waals surface area contributed by atoms with Crippen molar-refractivity contribution in [2.45, 2.75) is 9.79 Å². The largest absolute Gasteiger partial charge is 0.307 e. The predicted octanol–water partition coefficient (Wildman–Crippen LogP) is 10.8. The summed E-state index contributed by atoms with van der Waals surface area (Å²) in [6, 6.07) is 47.1. The molecule has 7 aromatic rings. The minimum absolute atomic E-state index is 0.664. The van der Waals surface area contributed by atoms with Gasteiger partial charge in [0.1, 0.15) is 0 Å². The number of hydrogen-bond donors (Lipinski definition) is 0. The lowest BCUT2D eigenvalue weighted by molar-refractivity contribution is 1.09. The van der Waals surface area contributed by atoms with Crippen LogP contribution in [0.1, 0.15) is 0 Å². The lowest BCUT2D eigenvalue weighted by Gasteiger charge is -2.19. The zero-order valence-electron chi connectivity index (χ0n) is 21.5. The van der Waals surface area contributed by atoms with E-state index < -0.39 is 0 Å². The number of para-hydroxylation sites is 2. The molecule has 0 saturated carbocycles. The fraction of sp³-hybridized carbons (Fsp3) is 0. The lowest BCUT2D eigenvalue weighted by atomic mass is 9.94. The van der Waals surface area contributed by atoms with Crippen LogP contribution in [0.3, 0.4) is 0 Å². The van der Waals surface area contributed by atoms with Crippen molar-refractivity contribution in [1.29, 1.82) is 0 Å². The molecule has 0 bridgehead atoms. The second-order valence-electron chi connectivity index (χ2n) is 10.1. The monoisotopic (exact) mass is 526 g/mol. The Morgan fingerprint density at radius 3 is 2.12 bits per heavy atom. The molecule has 1 aliphatic heterocycles. The highest BCUT2D eigenvalue weighted by molar-refractivity contribution is 7.99. The van der Waals surface area contributed by atoms with Crippen LogP contribution < -0.4 is 0 Å². The molecule has 1 aromatic heterocycles.